The van der Waals surface area contributed by atoms with Crippen molar-refractivity contribution in [3.05, 3.63) is 63.2 Å². The van der Waals surface area contributed by atoms with Gasteiger partial charge in [-0.3, -0.25) is 14.4 Å². The fourth-order valence-corrected chi connectivity index (χ4v) is 14.9. The Balaban J connectivity index is 0.886. The molecule has 3 saturated carbocycles. The van der Waals surface area contributed by atoms with Crippen LogP contribution in [-0.4, -0.2) is 98.9 Å². The van der Waals surface area contributed by atoms with E-state index in [1.807, 2.05) is 0 Å². The number of Topliss-reactive ketones (excluding diaryl/α,β-unsaturated/α-hetero) is 1. The third-order valence-electron chi connectivity index (χ3n) is 18.6. The van der Waals surface area contributed by atoms with Gasteiger partial charge >= 0.3 is 6.09 Å². The molecular formula is C55H73NO13. The molecular weight excluding hydrogens is 883 g/mol. The van der Waals surface area contributed by atoms with Crippen LogP contribution in [0.2, 0.25) is 0 Å². The number of allylic oxidation sites excluding steroid dienone is 1. The zero-order valence-corrected chi connectivity index (χ0v) is 41.3. The van der Waals surface area contributed by atoms with Gasteiger partial charge in [0.05, 0.1) is 42.0 Å². The lowest BCUT2D eigenvalue weighted by Gasteiger charge is -2.58. The number of carbonyl (C=O) groups excluding carboxylic acids is 4. The van der Waals surface area contributed by atoms with Crippen LogP contribution in [-0.2, 0) is 25.4 Å². The van der Waals surface area contributed by atoms with Crippen LogP contribution in [0.1, 0.15) is 174 Å². The number of rotatable bonds is 12. The lowest BCUT2D eigenvalue weighted by atomic mass is 9.47. The van der Waals surface area contributed by atoms with E-state index in [9.17, 15) is 44.7 Å². The van der Waals surface area contributed by atoms with Crippen molar-refractivity contribution in [3.8, 4) is 17.2 Å². The van der Waals surface area contributed by atoms with Gasteiger partial charge in [0.25, 0.3) is 0 Å². The molecule has 2 aromatic carbocycles. The fourth-order valence-electron chi connectivity index (χ4n) is 14.9. The summed E-state index contributed by atoms with van der Waals surface area (Å²) in [6, 6.07) is 3.45. The second kappa shape index (κ2) is 18.7. The molecule has 0 bridgehead atoms. The Bertz CT molecular complexity index is 2410. The molecule has 0 spiro atoms. The third-order valence-corrected chi connectivity index (χ3v) is 18.6. The minimum Gasteiger partial charge on any atom is -0.507 e. The summed E-state index contributed by atoms with van der Waals surface area (Å²) in [7, 11) is 1.33. The molecule has 69 heavy (non-hydrogen) atoms. The van der Waals surface area contributed by atoms with Crippen molar-refractivity contribution < 1.29 is 63.7 Å². The minimum atomic E-state index is -2.33. The summed E-state index contributed by atoms with van der Waals surface area (Å²) in [6.07, 6.45) is 7.91. The van der Waals surface area contributed by atoms with E-state index in [0.717, 1.165) is 42.9 Å². The van der Waals surface area contributed by atoms with Gasteiger partial charge in [0.1, 0.15) is 41.7 Å². The topological polar surface area (TPSA) is 218 Å². The molecule has 1 saturated heterocycles. The van der Waals surface area contributed by atoms with Gasteiger partial charge in [0.2, 0.25) is 5.78 Å². The van der Waals surface area contributed by atoms with E-state index in [1.54, 1.807) is 6.92 Å². The molecule has 6 N–H and O–H groups in total. The van der Waals surface area contributed by atoms with Crippen LogP contribution in [0.4, 0.5) is 4.79 Å². The first kappa shape index (κ1) is 49.6. The molecule has 14 heteroatoms. The number of hydrogen-bond acceptors (Lipinski definition) is 13. The summed E-state index contributed by atoms with van der Waals surface area (Å²) in [5.74, 6) is 0.407. The smallest absolute Gasteiger partial charge is 0.407 e. The van der Waals surface area contributed by atoms with Crippen molar-refractivity contribution in [2.45, 2.75) is 174 Å². The number of phenolic OH excluding ortho intramolecular Hbond substituents is 2. The Kier molecular flexibility index (Phi) is 13.4. The molecule has 7 aliphatic rings. The second-order valence-electron chi connectivity index (χ2n) is 22.8. The number of amides is 1. The predicted molar refractivity (Wildman–Crippen MR) is 254 cm³/mol. The first-order valence-electron chi connectivity index (χ1n) is 25.6. The number of aliphatic hydroxyl groups is 3. The minimum absolute atomic E-state index is 0.0643. The first-order chi connectivity index (χ1) is 32.7. The summed E-state index contributed by atoms with van der Waals surface area (Å²) in [5.41, 5.74) is -2.04. The van der Waals surface area contributed by atoms with E-state index in [4.69, 9.17) is 18.9 Å². The molecule has 6 aliphatic carbocycles. The number of carbonyl (C=O) groups is 4. The monoisotopic (exact) mass is 956 g/mol. The van der Waals surface area contributed by atoms with Gasteiger partial charge in [-0.25, -0.2) is 4.79 Å². The van der Waals surface area contributed by atoms with Crippen LogP contribution in [0.25, 0.3) is 0 Å². The summed E-state index contributed by atoms with van der Waals surface area (Å²) in [5, 5.41) is 59.5. The number of aliphatic hydroxyl groups excluding tert-OH is 2. The van der Waals surface area contributed by atoms with E-state index in [-0.39, 0.29) is 45.9 Å². The number of phenols is 2. The number of ketones is 3. The van der Waals surface area contributed by atoms with E-state index in [0.29, 0.717) is 23.7 Å². The molecule has 1 heterocycles. The van der Waals surface area contributed by atoms with Gasteiger partial charge in [-0.15, -0.1) is 0 Å². The van der Waals surface area contributed by atoms with Crippen molar-refractivity contribution in [3.63, 3.8) is 0 Å². The molecule has 1 amide bonds. The van der Waals surface area contributed by atoms with Gasteiger partial charge < -0.3 is 49.8 Å². The Morgan fingerprint density at radius 2 is 1.71 bits per heavy atom. The van der Waals surface area contributed by atoms with Crippen LogP contribution >= 0.6 is 0 Å². The molecule has 14 atom stereocenters. The van der Waals surface area contributed by atoms with Crippen molar-refractivity contribution in [1.82, 2.24) is 5.32 Å². The molecule has 376 valence electrons. The number of benzene rings is 2. The first-order valence-corrected chi connectivity index (χ1v) is 25.6. The molecule has 9 rings (SSSR count). The van der Waals surface area contributed by atoms with E-state index in [2.05, 4.69) is 46.0 Å². The van der Waals surface area contributed by atoms with Crippen molar-refractivity contribution in [2.75, 3.05) is 13.7 Å². The van der Waals surface area contributed by atoms with Crippen molar-refractivity contribution in [1.29, 1.82) is 0 Å². The van der Waals surface area contributed by atoms with Crippen LogP contribution in [0.15, 0.2) is 29.8 Å². The molecule has 0 radical (unpaired) electrons. The SMILES string of the molecule is COc1cccc2c1C(=O)c1c(O)c3c(c(O)c1C2=O)C[C@](O)(C(=O)CO)C[C@H]3O[C@H]1C[C@H](NC(=O)O[C@@H]2CC[C@@]3(C)C(=CCC4C3CC[C@@]3(C)C4CC[C@@H]3[C@H](C)CCCC(C)C)C2)[C@H](O)[C@H](C)O1. The number of ether oxygens (including phenoxy) is 4. The number of methoxy groups -OCH3 is 1. The van der Waals surface area contributed by atoms with E-state index < -0.39 is 102 Å². The maximum Gasteiger partial charge on any atom is 0.407 e. The van der Waals surface area contributed by atoms with Crippen molar-refractivity contribution >= 4 is 23.4 Å². The van der Waals surface area contributed by atoms with Crippen molar-refractivity contribution in [2.24, 2.45) is 46.3 Å². The van der Waals surface area contributed by atoms with Crippen LogP contribution < -0.4 is 10.1 Å². The highest BCUT2D eigenvalue weighted by atomic mass is 16.7. The van der Waals surface area contributed by atoms with Gasteiger partial charge in [0.15, 0.2) is 17.9 Å². The van der Waals surface area contributed by atoms with E-state index >= 15 is 0 Å². The Morgan fingerprint density at radius 3 is 2.43 bits per heavy atom. The average Bonchev–Trinajstić information content (AvgIpc) is 3.67. The number of nitrogens with one attached hydrogen (secondary N) is 1. The predicted octanol–water partition coefficient (Wildman–Crippen LogP) is 8.18. The molecule has 2 aromatic rings. The van der Waals surface area contributed by atoms with Crippen LogP contribution in [0.3, 0.4) is 0 Å². The molecule has 3 unspecified atom stereocenters. The zero-order valence-electron chi connectivity index (χ0n) is 41.3. The third kappa shape index (κ3) is 8.41. The number of hydrogen-bond donors (Lipinski definition) is 6. The largest absolute Gasteiger partial charge is 0.507 e. The maximum absolute atomic E-state index is 14.1. The fraction of sp³-hybridized carbons (Fsp3) is 0.673. The highest BCUT2D eigenvalue weighted by Crippen LogP contribution is 2.67. The van der Waals surface area contributed by atoms with Gasteiger partial charge in [-0.05, 0) is 104 Å². The standard InChI is InChI=1S/C55H73NO13/c1-27(2)10-8-11-28(3)35-16-17-36-32-15-14-30-22-31(18-20-53(30,5)37(32)19-21-54(35,36)6)68-52(64)56-38-23-42(67-29(4)47(38)59)69-40-25-55(65,41(58)26-57)24-34-44(40)51(63)46-45(49(34)61)48(60)33-12-9-13-39(66-7)43(33)50(46)62/h9,12-14,27-29,31-32,35-38,40,42,47,57,59,61,63,65H,8,10-11,15-26H2,1-7H3,(H,56,64)/t28-,29+,31-,32?,35-,36?,37?,38+,40-,42+,47-,53+,54-,55-/m1/s1. The highest BCUT2D eigenvalue weighted by molar-refractivity contribution is 6.31. The van der Waals surface area contributed by atoms with Crippen LogP contribution in [0, 0.1) is 46.3 Å². The number of aromatic hydroxyl groups is 2. The lowest BCUT2D eigenvalue weighted by molar-refractivity contribution is -0.249. The van der Waals surface area contributed by atoms with E-state index in [1.165, 1.54) is 75.8 Å². The van der Waals surface area contributed by atoms with Gasteiger partial charge in [-0.1, -0.05) is 77.7 Å². The Labute approximate surface area is 405 Å². The Morgan fingerprint density at radius 1 is 0.957 bits per heavy atom. The lowest BCUT2D eigenvalue weighted by Crippen LogP contribution is -2.56. The second-order valence-corrected chi connectivity index (χ2v) is 22.8. The number of alkyl carbamates (subject to hydrolysis) is 1. The maximum atomic E-state index is 14.1. The molecule has 4 fully saturated rings. The highest BCUT2D eigenvalue weighted by Gasteiger charge is 2.59. The normalized spacial score (nSPS) is 36.2. The Hall–Kier alpha value is -4.34. The summed E-state index contributed by atoms with van der Waals surface area (Å²) in [4.78, 5) is 54.9. The van der Waals surface area contributed by atoms with Crippen LogP contribution in [0.5, 0.6) is 17.2 Å². The van der Waals surface area contributed by atoms with Gasteiger partial charge in [-0.2, -0.15) is 0 Å². The summed E-state index contributed by atoms with van der Waals surface area (Å²) < 4.78 is 23.9. The van der Waals surface area contributed by atoms with Gasteiger partial charge in [0, 0.05) is 42.4 Å². The number of fused-ring (bicyclic) bond motifs is 8. The molecule has 14 nitrogen and oxygen atoms in total. The quantitative estimate of drug-likeness (QED) is 0.0747. The average molecular weight is 956 g/mol. The zero-order chi connectivity index (χ0) is 49.5. The summed E-state index contributed by atoms with van der Waals surface area (Å²) >= 11 is 0. The summed E-state index contributed by atoms with van der Waals surface area (Å²) in [6.45, 7) is 12.8. The molecule has 0 aromatic heterocycles. The molecule has 1 aliphatic heterocycles.